The Kier molecular flexibility index (Phi) is 6.81. The van der Waals surface area contributed by atoms with E-state index in [4.69, 9.17) is 9.47 Å². The Labute approximate surface area is 198 Å². The molecular weight excluding hydrogens is 437 g/mol. The Bertz CT molecular complexity index is 1150. The van der Waals surface area contributed by atoms with E-state index in [0.717, 1.165) is 29.0 Å². The van der Waals surface area contributed by atoms with Gasteiger partial charge in [-0.1, -0.05) is 12.1 Å². The molecule has 0 saturated heterocycles. The van der Waals surface area contributed by atoms with Crippen LogP contribution in [0.2, 0.25) is 0 Å². The van der Waals surface area contributed by atoms with Gasteiger partial charge < -0.3 is 14.4 Å². The highest BCUT2D eigenvalue weighted by atomic mass is 19.1. The van der Waals surface area contributed by atoms with E-state index in [1.165, 1.54) is 19.2 Å². The van der Waals surface area contributed by atoms with Gasteiger partial charge in [0.05, 0.1) is 24.8 Å². The number of rotatable bonds is 7. The van der Waals surface area contributed by atoms with Gasteiger partial charge in [0, 0.05) is 31.6 Å². The van der Waals surface area contributed by atoms with Crippen molar-refractivity contribution in [2.24, 2.45) is 13.0 Å². The molecule has 1 aromatic heterocycles. The molecule has 9 heteroatoms. The maximum Gasteiger partial charge on any atom is 0.309 e. The number of hydrogen-bond acceptors (Lipinski definition) is 7. The zero-order valence-electron chi connectivity index (χ0n) is 20.1. The molecule has 3 atom stereocenters. The molecule has 0 radical (unpaired) electrons. The second-order valence-electron chi connectivity index (χ2n) is 8.94. The summed E-state index contributed by atoms with van der Waals surface area (Å²) in [7, 11) is 5.20. The Balaban J connectivity index is 1.77. The number of hydrogen-bond donors (Lipinski definition) is 0. The summed E-state index contributed by atoms with van der Waals surface area (Å²) in [5, 5.41) is 11.8. The van der Waals surface area contributed by atoms with Gasteiger partial charge in [0.25, 0.3) is 0 Å². The third-order valence-electron chi connectivity index (χ3n) is 6.46. The van der Waals surface area contributed by atoms with E-state index in [9.17, 15) is 9.18 Å². The molecule has 0 unspecified atom stereocenters. The standard InChI is InChI=1S/C25H30FN5O3/c1-15(2)34-22-13-8-17(24-27-28-29-31(24)4)14-21(22)30(3)20-12-11-19(25(32)33-5)23(20)16-6-9-18(26)10-7-16/h6-10,13-15,19-20,23H,11-12H2,1-5H3/t19-,20-,23+/m0/s1. The van der Waals surface area contributed by atoms with E-state index in [1.807, 2.05) is 39.1 Å². The fourth-order valence-electron chi connectivity index (χ4n) is 4.91. The SMILES string of the molecule is COC(=O)[C@H]1CC[C@H](N(C)c2cc(-c3nnnn3C)ccc2OC(C)C)[C@@H]1c1ccc(F)cc1. The summed E-state index contributed by atoms with van der Waals surface area (Å²) in [4.78, 5) is 14.8. The van der Waals surface area contributed by atoms with Crippen molar-refractivity contribution in [1.29, 1.82) is 0 Å². The van der Waals surface area contributed by atoms with Crippen molar-refractivity contribution in [1.82, 2.24) is 20.2 Å². The number of halogens is 1. The second kappa shape index (κ2) is 9.79. The first-order chi connectivity index (χ1) is 16.3. The molecule has 1 saturated carbocycles. The van der Waals surface area contributed by atoms with Crippen molar-refractivity contribution in [3.05, 3.63) is 53.8 Å². The van der Waals surface area contributed by atoms with Crippen LogP contribution in [-0.4, -0.2) is 52.5 Å². The van der Waals surface area contributed by atoms with Gasteiger partial charge in [-0.3, -0.25) is 4.79 Å². The van der Waals surface area contributed by atoms with Gasteiger partial charge in [-0.05, 0) is 73.0 Å². The van der Waals surface area contributed by atoms with Crippen LogP contribution < -0.4 is 9.64 Å². The lowest BCUT2D eigenvalue weighted by Crippen LogP contribution is -2.37. The first-order valence-corrected chi connectivity index (χ1v) is 11.4. The van der Waals surface area contributed by atoms with Crippen LogP contribution in [0.1, 0.15) is 38.2 Å². The van der Waals surface area contributed by atoms with Gasteiger partial charge in [0.2, 0.25) is 0 Å². The van der Waals surface area contributed by atoms with Crippen molar-refractivity contribution in [2.45, 2.75) is 44.8 Å². The van der Waals surface area contributed by atoms with Crippen LogP contribution in [-0.2, 0) is 16.6 Å². The van der Waals surface area contributed by atoms with Crippen LogP contribution >= 0.6 is 0 Å². The van der Waals surface area contributed by atoms with E-state index in [2.05, 4.69) is 20.4 Å². The highest BCUT2D eigenvalue weighted by Gasteiger charge is 2.44. The molecule has 4 rings (SSSR count). The number of methoxy groups -OCH3 is 1. The molecule has 180 valence electrons. The van der Waals surface area contributed by atoms with Gasteiger partial charge in [-0.25, -0.2) is 9.07 Å². The molecule has 1 aliphatic carbocycles. The molecule has 0 amide bonds. The third-order valence-corrected chi connectivity index (χ3v) is 6.46. The molecule has 2 aromatic carbocycles. The van der Waals surface area contributed by atoms with E-state index in [0.29, 0.717) is 12.2 Å². The molecule has 3 aromatic rings. The third kappa shape index (κ3) is 4.60. The topological polar surface area (TPSA) is 82.4 Å². The van der Waals surface area contributed by atoms with Crippen molar-refractivity contribution >= 4 is 11.7 Å². The molecule has 0 bridgehead atoms. The number of carbonyl (C=O) groups excluding carboxylic acids is 1. The number of likely N-dealkylation sites (N-methyl/N-ethyl adjacent to an activating group) is 1. The molecule has 34 heavy (non-hydrogen) atoms. The molecular formula is C25H30FN5O3. The summed E-state index contributed by atoms with van der Waals surface area (Å²) in [6, 6.07) is 12.2. The summed E-state index contributed by atoms with van der Waals surface area (Å²) >= 11 is 0. The quantitative estimate of drug-likeness (QED) is 0.486. The van der Waals surface area contributed by atoms with Crippen LogP contribution in [0.3, 0.4) is 0 Å². The van der Waals surface area contributed by atoms with E-state index in [1.54, 1.807) is 23.9 Å². The average molecular weight is 468 g/mol. The smallest absolute Gasteiger partial charge is 0.309 e. The lowest BCUT2D eigenvalue weighted by atomic mass is 9.85. The molecule has 0 spiro atoms. The molecule has 0 N–H and O–H groups in total. The number of nitrogens with zero attached hydrogens (tertiary/aromatic N) is 5. The number of aromatic nitrogens is 4. The maximum atomic E-state index is 13.7. The predicted molar refractivity (Wildman–Crippen MR) is 126 cm³/mol. The van der Waals surface area contributed by atoms with E-state index in [-0.39, 0.29) is 35.8 Å². The number of aryl methyl sites for hydroxylation is 1. The lowest BCUT2D eigenvalue weighted by molar-refractivity contribution is -0.145. The van der Waals surface area contributed by atoms with Crippen molar-refractivity contribution in [3.8, 4) is 17.1 Å². The molecule has 8 nitrogen and oxygen atoms in total. The van der Waals surface area contributed by atoms with Gasteiger partial charge in [-0.2, -0.15) is 0 Å². The van der Waals surface area contributed by atoms with Gasteiger partial charge in [0.15, 0.2) is 5.82 Å². The summed E-state index contributed by atoms with van der Waals surface area (Å²) in [5.74, 6) is 0.339. The Morgan fingerprint density at radius 3 is 2.53 bits per heavy atom. The minimum atomic E-state index is -0.316. The summed E-state index contributed by atoms with van der Waals surface area (Å²) in [5.41, 5.74) is 2.63. The summed E-state index contributed by atoms with van der Waals surface area (Å²) in [6.45, 7) is 3.96. The molecule has 1 aliphatic rings. The van der Waals surface area contributed by atoms with Crippen molar-refractivity contribution in [2.75, 3.05) is 19.1 Å². The van der Waals surface area contributed by atoms with Crippen LogP contribution in [0.15, 0.2) is 42.5 Å². The van der Waals surface area contributed by atoms with E-state index >= 15 is 0 Å². The normalized spacial score (nSPS) is 19.9. The predicted octanol–water partition coefficient (Wildman–Crippen LogP) is 3.98. The highest BCUT2D eigenvalue weighted by molar-refractivity contribution is 5.75. The van der Waals surface area contributed by atoms with Crippen LogP contribution in [0.4, 0.5) is 10.1 Å². The van der Waals surface area contributed by atoms with Crippen molar-refractivity contribution in [3.63, 3.8) is 0 Å². The van der Waals surface area contributed by atoms with E-state index < -0.39 is 0 Å². The summed E-state index contributed by atoms with van der Waals surface area (Å²) < 4.78 is 26.5. The number of esters is 1. The number of ether oxygens (including phenoxy) is 2. The minimum absolute atomic E-state index is 0.0196. The van der Waals surface area contributed by atoms with Crippen LogP contribution in [0.5, 0.6) is 5.75 Å². The monoisotopic (exact) mass is 467 g/mol. The van der Waals surface area contributed by atoms with Gasteiger partial charge in [0.1, 0.15) is 11.6 Å². The first-order valence-electron chi connectivity index (χ1n) is 11.4. The highest BCUT2D eigenvalue weighted by Crippen LogP contribution is 2.46. The number of benzene rings is 2. The zero-order valence-corrected chi connectivity index (χ0v) is 20.1. The maximum absolute atomic E-state index is 13.7. The molecule has 0 aliphatic heterocycles. The summed E-state index contributed by atoms with van der Waals surface area (Å²) in [6.07, 6.45) is 1.43. The Morgan fingerprint density at radius 2 is 1.91 bits per heavy atom. The Morgan fingerprint density at radius 1 is 1.18 bits per heavy atom. The number of anilines is 1. The molecule has 1 fully saturated rings. The lowest BCUT2D eigenvalue weighted by Gasteiger charge is -2.34. The fourth-order valence-corrected chi connectivity index (χ4v) is 4.91. The first kappa shape index (κ1) is 23.7. The number of tetrazole rings is 1. The fraction of sp³-hybridized carbons (Fsp3) is 0.440. The Hall–Kier alpha value is -3.49. The van der Waals surface area contributed by atoms with Crippen LogP contribution in [0, 0.1) is 11.7 Å². The number of carbonyl (C=O) groups is 1. The van der Waals surface area contributed by atoms with Crippen LogP contribution in [0.25, 0.3) is 11.4 Å². The minimum Gasteiger partial charge on any atom is -0.489 e. The average Bonchev–Trinajstić information content (AvgIpc) is 3.45. The zero-order chi connectivity index (χ0) is 24.4. The van der Waals surface area contributed by atoms with Gasteiger partial charge in [-0.15, -0.1) is 5.10 Å². The largest absolute Gasteiger partial charge is 0.489 e. The molecule has 1 heterocycles. The van der Waals surface area contributed by atoms with Crippen molar-refractivity contribution < 1.29 is 18.7 Å². The van der Waals surface area contributed by atoms with Gasteiger partial charge >= 0.3 is 5.97 Å². The second-order valence-corrected chi connectivity index (χ2v) is 8.94.